The van der Waals surface area contributed by atoms with Gasteiger partial charge in [0.05, 0.1) is 30.4 Å². The molecule has 2 aromatic carbocycles. The number of alkyl halides is 6. The fourth-order valence-corrected chi connectivity index (χ4v) is 5.38. The van der Waals surface area contributed by atoms with Crippen LogP contribution >= 0.6 is 12.4 Å². The molecule has 0 saturated carbocycles. The molecule has 2 heterocycles. The van der Waals surface area contributed by atoms with Crippen LogP contribution in [-0.4, -0.2) is 36.5 Å². The maximum Gasteiger partial charge on any atom is 0.416 e. The predicted octanol–water partition coefficient (Wildman–Crippen LogP) is 6.78. The number of piperidine rings is 2. The molecule has 0 aliphatic carbocycles. The summed E-state index contributed by atoms with van der Waals surface area (Å²) in [6.07, 6.45) is -6.11. The van der Waals surface area contributed by atoms with Crippen LogP contribution in [0.5, 0.6) is 0 Å². The van der Waals surface area contributed by atoms with Crippen molar-refractivity contribution in [3.8, 4) is 0 Å². The molecule has 4 nitrogen and oxygen atoms in total. The number of ether oxygens (including phenoxy) is 1. The van der Waals surface area contributed by atoms with Crippen molar-refractivity contribution in [3.05, 3.63) is 70.8 Å². The minimum Gasteiger partial charge on any atom is -0.375 e. The summed E-state index contributed by atoms with van der Waals surface area (Å²) in [7, 11) is 0. The van der Waals surface area contributed by atoms with Gasteiger partial charge in [-0.3, -0.25) is 4.79 Å². The molecule has 2 saturated heterocycles. The van der Waals surface area contributed by atoms with Crippen molar-refractivity contribution in [2.75, 3.05) is 19.7 Å². The van der Waals surface area contributed by atoms with E-state index in [9.17, 15) is 31.1 Å². The third kappa shape index (κ3) is 7.42. The number of rotatable bonds is 7. The van der Waals surface area contributed by atoms with E-state index in [0.29, 0.717) is 25.1 Å². The molecule has 1 amide bonds. The van der Waals surface area contributed by atoms with Gasteiger partial charge in [-0.05, 0) is 61.6 Å². The highest BCUT2D eigenvalue weighted by Gasteiger charge is 2.39. The van der Waals surface area contributed by atoms with Gasteiger partial charge in [0, 0.05) is 24.9 Å². The van der Waals surface area contributed by atoms with Gasteiger partial charge in [0.15, 0.2) is 0 Å². The fourth-order valence-electron chi connectivity index (χ4n) is 5.38. The second kappa shape index (κ2) is 12.7. The lowest BCUT2D eigenvalue weighted by molar-refractivity contribution is -0.144. The molecule has 1 N–H and O–H groups in total. The highest BCUT2D eigenvalue weighted by atomic mass is 35.5. The predicted molar refractivity (Wildman–Crippen MR) is 133 cm³/mol. The zero-order valence-corrected chi connectivity index (χ0v) is 21.5. The topological polar surface area (TPSA) is 41.6 Å². The van der Waals surface area contributed by atoms with E-state index in [0.717, 1.165) is 37.8 Å². The van der Waals surface area contributed by atoms with Crippen LogP contribution in [0.2, 0.25) is 0 Å². The van der Waals surface area contributed by atoms with Crippen molar-refractivity contribution < 1.29 is 35.9 Å². The lowest BCUT2D eigenvalue weighted by Gasteiger charge is -2.44. The summed E-state index contributed by atoms with van der Waals surface area (Å²) in [5, 5.41) is 3.53. The van der Waals surface area contributed by atoms with E-state index in [1.54, 1.807) is 4.90 Å². The quantitative estimate of drug-likeness (QED) is 0.377. The van der Waals surface area contributed by atoms with Crippen LogP contribution in [-0.2, 0) is 28.5 Å². The fraction of sp³-hybridized carbons (Fsp3) is 0.519. The Morgan fingerprint density at radius 2 is 1.61 bits per heavy atom. The molecular formula is C27H31ClF6N2O2. The summed E-state index contributed by atoms with van der Waals surface area (Å²) in [6, 6.07) is 10.9. The number of carbonyl (C=O) groups is 1. The second-order valence-electron chi connectivity index (χ2n) is 9.69. The number of likely N-dealkylation sites (tertiary alicyclic amines) is 1. The van der Waals surface area contributed by atoms with E-state index >= 15 is 0 Å². The lowest BCUT2D eigenvalue weighted by atomic mass is 9.80. The number of nitrogens with one attached hydrogen (secondary N) is 1. The molecular weight excluding hydrogens is 534 g/mol. The number of nitrogens with zero attached hydrogens (tertiary/aromatic N) is 1. The normalized spacial score (nSPS) is 21.6. The number of amides is 1. The van der Waals surface area contributed by atoms with Crippen molar-refractivity contribution in [1.29, 1.82) is 0 Å². The summed E-state index contributed by atoms with van der Waals surface area (Å²) in [5.74, 6) is -0.0268. The largest absolute Gasteiger partial charge is 0.416 e. The molecule has 2 fully saturated rings. The number of carbonyl (C=O) groups excluding carboxylic acids is 1. The van der Waals surface area contributed by atoms with Gasteiger partial charge in [-0.15, -0.1) is 12.4 Å². The molecule has 0 aromatic heterocycles. The van der Waals surface area contributed by atoms with Gasteiger partial charge < -0.3 is 15.0 Å². The van der Waals surface area contributed by atoms with E-state index in [4.69, 9.17) is 4.74 Å². The zero-order valence-electron chi connectivity index (χ0n) is 20.7. The molecule has 0 bridgehead atoms. The minimum atomic E-state index is -4.92. The van der Waals surface area contributed by atoms with Crippen LogP contribution < -0.4 is 5.32 Å². The Balaban J connectivity index is 0.00000400. The second-order valence-corrected chi connectivity index (χ2v) is 9.69. The first-order valence-electron chi connectivity index (χ1n) is 12.5. The summed E-state index contributed by atoms with van der Waals surface area (Å²) in [6.45, 7) is 0.940. The van der Waals surface area contributed by atoms with Crippen LogP contribution in [0, 0.1) is 5.92 Å². The molecule has 3 atom stereocenters. The lowest BCUT2D eigenvalue weighted by Crippen LogP contribution is -2.53. The third-order valence-corrected chi connectivity index (χ3v) is 7.12. The number of halogens is 7. The summed E-state index contributed by atoms with van der Waals surface area (Å²) in [5.41, 5.74) is -1.89. The van der Waals surface area contributed by atoms with E-state index in [1.807, 2.05) is 30.3 Å². The first-order valence-corrected chi connectivity index (χ1v) is 12.5. The molecule has 11 heteroatoms. The van der Waals surface area contributed by atoms with Crippen LogP contribution in [0.3, 0.4) is 0 Å². The standard InChI is InChI=1S/C27H30F6N2O2.ClH/c28-26(29,30)20-13-18(14-21(15-20)27(31,32)33)16-37-17-23(35-12-5-4-10-24(35)36)22-9-6-11-34-25(22)19-7-2-1-3-8-19;/h1-3,7-8,13-15,22-23,25,34H,4-6,9-12,16-17H2;1H/t22-,23?,25-;/m1./s1. The Bertz CT molecular complexity index is 1030. The van der Waals surface area contributed by atoms with Gasteiger partial charge in [0.25, 0.3) is 0 Å². The highest BCUT2D eigenvalue weighted by molar-refractivity contribution is 5.85. The highest BCUT2D eigenvalue weighted by Crippen LogP contribution is 2.38. The van der Waals surface area contributed by atoms with Gasteiger partial charge in [0.1, 0.15) is 0 Å². The number of hydrogen-bond donors (Lipinski definition) is 1. The molecule has 210 valence electrons. The van der Waals surface area contributed by atoms with Gasteiger partial charge >= 0.3 is 12.4 Å². The molecule has 2 aliphatic rings. The van der Waals surface area contributed by atoms with Crippen LogP contribution in [0.4, 0.5) is 26.3 Å². The van der Waals surface area contributed by atoms with Crippen molar-refractivity contribution in [1.82, 2.24) is 10.2 Å². The summed E-state index contributed by atoms with van der Waals surface area (Å²) in [4.78, 5) is 14.7. The van der Waals surface area contributed by atoms with Crippen LogP contribution in [0.15, 0.2) is 48.5 Å². The molecule has 38 heavy (non-hydrogen) atoms. The maximum absolute atomic E-state index is 13.3. The Morgan fingerprint density at radius 1 is 0.947 bits per heavy atom. The van der Waals surface area contributed by atoms with Gasteiger partial charge in [-0.2, -0.15) is 26.3 Å². The monoisotopic (exact) mass is 564 g/mol. The molecule has 0 radical (unpaired) electrons. The Hall–Kier alpha value is -2.30. The zero-order chi connectivity index (χ0) is 26.6. The average molecular weight is 565 g/mol. The molecule has 0 spiro atoms. The van der Waals surface area contributed by atoms with Gasteiger partial charge in [-0.1, -0.05) is 30.3 Å². The van der Waals surface area contributed by atoms with Crippen LogP contribution in [0.1, 0.15) is 60.4 Å². The van der Waals surface area contributed by atoms with Crippen LogP contribution in [0.25, 0.3) is 0 Å². The molecule has 4 rings (SSSR count). The average Bonchev–Trinajstić information content (AvgIpc) is 2.87. The smallest absolute Gasteiger partial charge is 0.375 e. The first kappa shape index (κ1) is 30.2. The first-order chi connectivity index (χ1) is 17.5. The van der Waals surface area contributed by atoms with E-state index in [-0.39, 0.29) is 54.6 Å². The minimum absolute atomic E-state index is 0. The maximum atomic E-state index is 13.3. The van der Waals surface area contributed by atoms with E-state index in [1.165, 1.54) is 0 Å². The number of benzene rings is 2. The third-order valence-electron chi connectivity index (χ3n) is 7.12. The van der Waals surface area contributed by atoms with Crippen molar-refractivity contribution >= 4 is 18.3 Å². The Morgan fingerprint density at radius 3 is 2.21 bits per heavy atom. The molecule has 1 unspecified atom stereocenters. The Labute approximate surface area is 224 Å². The van der Waals surface area contributed by atoms with Crippen molar-refractivity contribution in [2.24, 2.45) is 5.92 Å². The summed E-state index contributed by atoms with van der Waals surface area (Å²) >= 11 is 0. The van der Waals surface area contributed by atoms with Gasteiger partial charge in [0.2, 0.25) is 5.91 Å². The van der Waals surface area contributed by atoms with Crippen molar-refractivity contribution in [3.63, 3.8) is 0 Å². The van der Waals surface area contributed by atoms with Crippen molar-refractivity contribution in [2.45, 2.75) is 63.1 Å². The van der Waals surface area contributed by atoms with E-state index < -0.39 is 30.1 Å². The molecule has 2 aromatic rings. The molecule has 2 aliphatic heterocycles. The van der Waals surface area contributed by atoms with E-state index in [2.05, 4.69) is 5.32 Å². The SMILES string of the molecule is Cl.O=C1CCCCN1C(COCc1cc(C(F)(F)F)cc(C(F)(F)F)c1)[C@H]1CCCN[C@@H]1c1ccccc1. The Kier molecular flexibility index (Phi) is 10.1. The summed E-state index contributed by atoms with van der Waals surface area (Å²) < 4.78 is 85.4. The number of hydrogen-bond acceptors (Lipinski definition) is 3. The van der Waals surface area contributed by atoms with Gasteiger partial charge in [-0.25, -0.2) is 0 Å².